The number of carbonyl (C=O) groups excluding carboxylic acids is 1. The average Bonchev–Trinajstić information content (AvgIpc) is 3.09. The molecule has 0 saturated carbocycles. The summed E-state index contributed by atoms with van der Waals surface area (Å²) in [6.07, 6.45) is 16.2. The number of unbranched alkanes of at least 4 members (excludes halogenated alkanes) is 19. The van der Waals surface area contributed by atoms with Crippen LogP contribution in [0.3, 0.4) is 0 Å². The topological polar surface area (TPSA) is 235 Å². The summed E-state index contributed by atoms with van der Waals surface area (Å²) in [5.74, 6) is -0.341. The van der Waals surface area contributed by atoms with Gasteiger partial charge in [-0.05, 0) is 19.3 Å². The van der Waals surface area contributed by atoms with E-state index in [4.69, 9.17) is 14.0 Å². The fourth-order valence-corrected chi connectivity index (χ4v) is 6.99. The van der Waals surface area contributed by atoms with Crippen molar-refractivity contribution in [1.29, 1.82) is 0 Å². The van der Waals surface area contributed by atoms with Gasteiger partial charge in [-0.2, -0.15) is 16.8 Å². The second-order valence-electron chi connectivity index (χ2n) is 14.1. The van der Waals surface area contributed by atoms with E-state index in [0.717, 1.165) is 44.9 Å². The monoisotopic (exact) mass is 803 g/mol. The number of aliphatic hydroxyl groups excluding tert-OH is 3. The molecular weight excluding hydrogens is 735 g/mol. The Morgan fingerprint density at radius 1 is 0.736 bits per heavy atom. The van der Waals surface area contributed by atoms with E-state index in [1.807, 2.05) is 6.08 Å². The fraction of sp³-hybridized carbons (Fsp3) is 0.917. The van der Waals surface area contributed by atoms with E-state index >= 15 is 0 Å². The molecule has 0 radical (unpaired) electrons. The lowest BCUT2D eigenvalue weighted by molar-refractivity contribution is -0.297. The summed E-state index contributed by atoms with van der Waals surface area (Å²) in [7, 11) is -10.2. The van der Waals surface area contributed by atoms with E-state index in [1.165, 1.54) is 83.1 Å². The average molecular weight is 804 g/mol. The third-order valence-electron chi connectivity index (χ3n) is 9.27. The van der Waals surface area contributed by atoms with Gasteiger partial charge in [0.25, 0.3) is 0 Å². The van der Waals surface area contributed by atoms with Gasteiger partial charge in [0.05, 0.1) is 25.4 Å². The molecule has 1 amide bonds. The summed E-state index contributed by atoms with van der Waals surface area (Å²) >= 11 is 0. The van der Waals surface area contributed by atoms with E-state index in [0.29, 0.717) is 12.8 Å². The zero-order chi connectivity index (χ0) is 39.5. The largest absolute Gasteiger partial charge is 0.397 e. The number of carbonyl (C=O) groups is 1. The first-order valence-electron chi connectivity index (χ1n) is 19.7. The highest BCUT2D eigenvalue weighted by Gasteiger charge is 2.48. The Morgan fingerprint density at radius 3 is 1.72 bits per heavy atom. The molecule has 1 saturated heterocycles. The first kappa shape index (κ1) is 49.8. The van der Waals surface area contributed by atoms with Gasteiger partial charge in [-0.25, -0.2) is 8.37 Å². The number of rotatable bonds is 33. The van der Waals surface area contributed by atoms with E-state index in [2.05, 4.69) is 27.5 Å². The Hall–Kier alpha value is -1.25. The lowest BCUT2D eigenvalue weighted by Crippen LogP contribution is -2.61. The van der Waals surface area contributed by atoms with Crippen molar-refractivity contribution in [3.05, 3.63) is 12.2 Å². The molecule has 53 heavy (non-hydrogen) atoms. The van der Waals surface area contributed by atoms with Crippen molar-refractivity contribution in [1.82, 2.24) is 5.32 Å². The zero-order valence-electron chi connectivity index (χ0n) is 31.9. The van der Waals surface area contributed by atoms with Crippen LogP contribution < -0.4 is 5.32 Å². The minimum absolute atomic E-state index is 0.204. The van der Waals surface area contributed by atoms with E-state index in [1.54, 1.807) is 0 Å². The number of nitrogens with one attached hydrogen (secondary N) is 1. The van der Waals surface area contributed by atoms with Crippen LogP contribution in [0, 0.1) is 0 Å². The number of allylic oxidation sites excluding steroid dienone is 1. The summed E-state index contributed by atoms with van der Waals surface area (Å²) in [6, 6.07) is -1.05. The first-order valence-corrected chi connectivity index (χ1v) is 22.5. The van der Waals surface area contributed by atoms with Crippen molar-refractivity contribution in [2.45, 2.75) is 198 Å². The molecule has 0 aliphatic carbocycles. The van der Waals surface area contributed by atoms with Crippen LogP contribution in [0.5, 0.6) is 0 Å². The van der Waals surface area contributed by atoms with Crippen molar-refractivity contribution in [2.75, 3.05) is 13.2 Å². The molecule has 17 heteroatoms. The number of hydrogen-bond acceptors (Lipinski definition) is 12. The standard InChI is InChI=1S/C36H69NO14S2/c1-3-5-7-9-11-13-14-15-16-18-19-21-23-25-30(38)29(37-32(39)26-24-22-20-17-12-10-8-6-4-2)27-48-36-34(41)35(51-53(45,46)47)33(40)31(50-36)28-49-52(42,43)44/h23,25,29-31,33-36,38,40-41H,3-22,24,26-28H2,1-2H3,(H,37,39)(H,42,43,44)(H,45,46,47)/b25-23+/t29-,30+,31?,33-,34?,35?,36+/m0/s1. The van der Waals surface area contributed by atoms with Crippen LogP contribution in [-0.2, 0) is 43.4 Å². The molecule has 0 bridgehead atoms. The molecule has 15 nitrogen and oxygen atoms in total. The summed E-state index contributed by atoms with van der Waals surface area (Å²) < 4.78 is 83.0. The fourth-order valence-electron chi connectivity index (χ4n) is 6.18. The summed E-state index contributed by atoms with van der Waals surface area (Å²) in [4.78, 5) is 12.9. The maximum atomic E-state index is 12.9. The van der Waals surface area contributed by atoms with Gasteiger partial charge in [-0.15, -0.1) is 0 Å². The smallest absolute Gasteiger partial charge is 0.387 e. The van der Waals surface area contributed by atoms with E-state index < -0.39 is 76.9 Å². The predicted molar refractivity (Wildman–Crippen MR) is 201 cm³/mol. The minimum atomic E-state index is -5.23. The summed E-state index contributed by atoms with van der Waals surface area (Å²) in [5.41, 5.74) is 0. The Balaban J connectivity index is 2.81. The van der Waals surface area contributed by atoms with Crippen LogP contribution in [0.2, 0.25) is 0 Å². The molecule has 314 valence electrons. The van der Waals surface area contributed by atoms with Crippen LogP contribution in [0.15, 0.2) is 12.2 Å². The minimum Gasteiger partial charge on any atom is -0.387 e. The Morgan fingerprint density at radius 2 is 1.23 bits per heavy atom. The highest BCUT2D eigenvalue weighted by atomic mass is 32.3. The van der Waals surface area contributed by atoms with Gasteiger partial charge in [-0.1, -0.05) is 142 Å². The zero-order valence-corrected chi connectivity index (χ0v) is 33.5. The Labute approximate surface area is 318 Å². The maximum absolute atomic E-state index is 12.9. The first-order chi connectivity index (χ1) is 25.2. The SMILES string of the molecule is CCCCCCCCCCCCC/C=C/[C@@H](O)[C@H](CO[C@@H]1OC(COS(=O)(=O)O)[C@H](O)C(OS(=O)(=O)O)C1O)NC(=O)CCCCCCCCCCC. The lowest BCUT2D eigenvalue weighted by Gasteiger charge is -2.41. The molecule has 0 spiro atoms. The van der Waals surface area contributed by atoms with Gasteiger partial charge < -0.3 is 30.1 Å². The maximum Gasteiger partial charge on any atom is 0.397 e. The van der Waals surface area contributed by atoms with Crippen LogP contribution >= 0.6 is 0 Å². The molecule has 6 N–H and O–H groups in total. The highest BCUT2D eigenvalue weighted by Crippen LogP contribution is 2.26. The lowest BCUT2D eigenvalue weighted by atomic mass is 9.99. The predicted octanol–water partition coefficient (Wildman–Crippen LogP) is 5.48. The molecule has 0 aromatic carbocycles. The van der Waals surface area contributed by atoms with Crippen molar-refractivity contribution in [3.8, 4) is 0 Å². The highest BCUT2D eigenvalue weighted by molar-refractivity contribution is 7.81. The quantitative estimate of drug-likeness (QED) is 0.0274. The van der Waals surface area contributed by atoms with Gasteiger partial charge in [-0.3, -0.25) is 13.9 Å². The number of aliphatic hydroxyl groups is 3. The van der Waals surface area contributed by atoms with Crippen LogP contribution in [0.1, 0.15) is 155 Å². The number of hydrogen-bond donors (Lipinski definition) is 6. The molecule has 1 fully saturated rings. The van der Waals surface area contributed by atoms with E-state index in [-0.39, 0.29) is 12.3 Å². The van der Waals surface area contributed by atoms with Crippen LogP contribution in [-0.4, -0.2) is 103 Å². The van der Waals surface area contributed by atoms with Crippen molar-refractivity contribution in [3.63, 3.8) is 0 Å². The van der Waals surface area contributed by atoms with Crippen LogP contribution in [0.25, 0.3) is 0 Å². The molecule has 3 unspecified atom stereocenters. The molecule has 1 aliphatic heterocycles. The number of ether oxygens (including phenoxy) is 2. The van der Waals surface area contributed by atoms with Crippen molar-refractivity contribution >= 4 is 26.7 Å². The summed E-state index contributed by atoms with van der Waals surface area (Å²) in [5, 5.41) is 35.0. The van der Waals surface area contributed by atoms with E-state index in [9.17, 15) is 41.5 Å². The van der Waals surface area contributed by atoms with Gasteiger partial charge in [0.15, 0.2) is 6.29 Å². The van der Waals surface area contributed by atoms with Crippen molar-refractivity contribution < 1.29 is 63.9 Å². The Kier molecular flexibility index (Phi) is 27.3. The molecule has 1 heterocycles. The molecule has 7 atom stereocenters. The van der Waals surface area contributed by atoms with Gasteiger partial charge in [0.1, 0.15) is 24.4 Å². The van der Waals surface area contributed by atoms with Crippen molar-refractivity contribution in [2.24, 2.45) is 0 Å². The van der Waals surface area contributed by atoms with Gasteiger partial charge in [0, 0.05) is 6.42 Å². The van der Waals surface area contributed by atoms with Gasteiger partial charge >= 0.3 is 20.8 Å². The van der Waals surface area contributed by atoms with Crippen LogP contribution in [0.4, 0.5) is 0 Å². The third kappa shape index (κ3) is 25.5. The Bertz CT molecular complexity index is 1190. The molecule has 0 aromatic rings. The normalized spacial score (nSPS) is 22.3. The second kappa shape index (κ2) is 29.1. The molecular formula is C36H69NO14S2. The van der Waals surface area contributed by atoms with Gasteiger partial charge in [0.2, 0.25) is 5.91 Å². The second-order valence-corrected chi connectivity index (χ2v) is 16.2. The third-order valence-corrected chi connectivity index (χ3v) is 10.2. The summed E-state index contributed by atoms with van der Waals surface area (Å²) in [6.45, 7) is 2.87. The molecule has 1 rings (SSSR count). The number of amides is 1. The molecule has 1 aliphatic rings. The molecule has 0 aromatic heterocycles.